The summed E-state index contributed by atoms with van der Waals surface area (Å²) < 4.78 is 0. The minimum absolute atomic E-state index is 0.0857. The fourth-order valence-corrected chi connectivity index (χ4v) is 3.41. The number of unbranched alkanes of at least 4 members (excludes halogenated alkanes) is 4. The Labute approximate surface area is 184 Å². The number of hydrogen-bond donors (Lipinski definition) is 2. The van der Waals surface area contributed by atoms with Crippen LogP contribution in [0.4, 0.5) is 11.4 Å². The summed E-state index contributed by atoms with van der Waals surface area (Å²) in [6, 6.07) is 16.7. The van der Waals surface area contributed by atoms with Crippen molar-refractivity contribution in [2.75, 3.05) is 16.8 Å². The van der Waals surface area contributed by atoms with Crippen LogP contribution in [0.1, 0.15) is 62.7 Å². The van der Waals surface area contributed by atoms with Gasteiger partial charge in [0.1, 0.15) is 0 Å². The Bertz CT molecular complexity index is 839. The number of nitrogens with one attached hydrogen (secondary N) is 2. The third-order valence-corrected chi connectivity index (χ3v) is 4.96. The Kier molecular flexibility index (Phi) is 10.0. The summed E-state index contributed by atoms with van der Waals surface area (Å²) in [7, 11) is 0. The molecule has 0 saturated carbocycles. The minimum atomic E-state index is -0.0885. The van der Waals surface area contributed by atoms with Crippen molar-refractivity contribution in [2.24, 2.45) is 0 Å². The van der Waals surface area contributed by atoms with Gasteiger partial charge in [0.2, 0.25) is 5.91 Å². The van der Waals surface area contributed by atoms with E-state index in [0.29, 0.717) is 24.2 Å². The van der Waals surface area contributed by atoms with Crippen molar-refractivity contribution in [3.8, 4) is 0 Å². The van der Waals surface area contributed by atoms with Crippen molar-refractivity contribution in [1.82, 2.24) is 5.32 Å². The van der Waals surface area contributed by atoms with Crippen molar-refractivity contribution in [1.29, 1.82) is 0 Å². The molecule has 2 rings (SSSR count). The molecule has 0 aromatic heterocycles. The monoisotopic (exact) mass is 425 g/mol. The lowest BCUT2D eigenvalue weighted by Crippen LogP contribution is -2.34. The minimum Gasteiger partial charge on any atom is -0.332 e. The molecule has 0 saturated heterocycles. The third kappa shape index (κ3) is 7.59. The third-order valence-electron chi connectivity index (χ3n) is 4.76. The highest BCUT2D eigenvalue weighted by atomic mass is 32.1. The van der Waals surface area contributed by atoms with Gasteiger partial charge in [0.25, 0.3) is 5.91 Å². The van der Waals surface area contributed by atoms with Gasteiger partial charge in [0.15, 0.2) is 5.11 Å². The van der Waals surface area contributed by atoms with E-state index in [9.17, 15) is 9.59 Å². The van der Waals surface area contributed by atoms with E-state index in [2.05, 4.69) is 17.6 Å². The largest absolute Gasteiger partial charge is 0.332 e. The van der Waals surface area contributed by atoms with E-state index in [-0.39, 0.29) is 16.9 Å². The fourth-order valence-electron chi connectivity index (χ4n) is 3.18. The summed E-state index contributed by atoms with van der Waals surface area (Å²) in [6.45, 7) is 4.67. The molecule has 2 aromatic rings. The maximum absolute atomic E-state index is 13.0. The molecular formula is C24H31N3O2S. The molecule has 5 nitrogen and oxygen atoms in total. The van der Waals surface area contributed by atoms with Crippen LogP contribution >= 0.6 is 12.2 Å². The molecule has 2 aromatic carbocycles. The second-order valence-corrected chi connectivity index (χ2v) is 7.54. The lowest BCUT2D eigenvalue weighted by molar-refractivity contribution is -0.119. The number of nitrogens with zero attached hydrogens (tertiary/aromatic N) is 1. The van der Waals surface area contributed by atoms with E-state index in [1.165, 1.54) is 12.8 Å². The quantitative estimate of drug-likeness (QED) is 0.388. The van der Waals surface area contributed by atoms with Crippen LogP contribution in [0.2, 0.25) is 0 Å². The number of carbonyl (C=O) groups is 2. The number of carbonyl (C=O) groups excluding carboxylic acids is 2. The van der Waals surface area contributed by atoms with Crippen LogP contribution in [-0.2, 0) is 4.79 Å². The normalized spacial score (nSPS) is 10.3. The van der Waals surface area contributed by atoms with Crippen LogP contribution in [0.15, 0.2) is 54.6 Å². The number of anilines is 2. The van der Waals surface area contributed by atoms with Crippen LogP contribution in [0.5, 0.6) is 0 Å². The van der Waals surface area contributed by atoms with Gasteiger partial charge in [-0.15, -0.1) is 0 Å². The molecule has 0 spiro atoms. The molecule has 0 aliphatic heterocycles. The molecular weight excluding hydrogens is 394 g/mol. The molecule has 30 heavy (non-hydrogen) atoms. The van der Waals surface area contributed by atoms with Gasteiger partial charge in [-0.1, -0.05) is 56.9 Å². The number of hydrogen-bond acceptors (Lipinski definition) is 3. The first-order valence-corrected chi connectivity index (χ1v) is 11.0. The van der Waals surface area contributed by atoms with Gasteiger partial charge in [-0.2, -0.15) is 0 Å². The van der Waals surface area contributed by atoms with E-state index in [4.69, 9.17) is 12.2 Å². The zero-order valence-electron chi connectivity index (χ0n) is 17.8. The van der Waals surface area contributed by atoms with Gasteiger partial charge in [0, 0.05) is 29.9 Å². The maximum atomic E-state index is 13.0. The molecule has 0 radical (unpaired) electrons. The predicted molar refractivity (Wildman–Crippen MR) is 128 cm³/mol. The molecule has 160 valence electrons. The molecule has 2 amide bonds. The molecule has 0 aliphatic rings. The molecule has 0 atom stereocenters. The first kappa shape index (κ1) is 23.5. The Morgan fingerprint density at radius 1 is 0.933 bits per heavy atom. The first-order valence-electron chi connectivity index (χ1n) is 10.6. The summed E-state index contributed by atoms with van der Waals surface area (Å²) >= 11 is 5.25. The summed E-state index contributed by atoms with van der Waals surface area (Å²) in [5, 5.41) is 5.96. The first-order chi connectivity index (χ1) is 14.5. The standard InChI is InChI=1S/C24H31N3O2S/c1-3-5-6-7-11-17-22(28)26-24(30)25-20-14-12-13-19(18-20)23(29)27(4-2)21-15-9-8-10-16-21/h8-10,12-16,18H,3-7,11,17H2,1-2H3,(H2,25,26,28,30). The fraction of sp³-hybridized carbons (Fsp3) is 0.375. The second-order valence-electron chi connectivity index (χ2n) is 7.13. The Hall–Kier alpha value is -2.73. The molecule has 0 bridgehead atoms. The van der Waals surface area contributed by atoms with E-state index in [1.54, 1.807) is 23.1 Å². The molecule has 6 heteroatoms. The van der Waals surface area contributed by atoms with Crippen LogP contribution < -0.4 is 15.5 Å². The van der Waals surface area contributed by atoms with E-state index < -0.39 is 0 Å². The molecule has 2 N–H and O–H groups in total. The molecule has 0 aliphatic carbocycles. The number of thiocarbonyl (C=S) groups is 1. The van der Waals surface area contributed by atoms with Crippen molar-refractivity contribution < 1.29 is 9.59 Å². The molecule has 0 fully saturated rings. The Morgan fingerprint density at radius 2 is 1.67 bits per heavy atom. The topological polar surface area (TPSA) is 61.4 Å². The number of amides is 2. The van der Waals surface area contributed by atoms with Gasteiger partial charge in [-0.05, 0) is 55.9 Å². The molecule has 0 unspecified atom stereocenters. The second kappa shape index (κ2) is 12.8. The Morgan fingerprint density at radius 3 is 2.37 bits per heavy atom. The van der Waals surface area contributed by atoms with Crippen LogP contribution in [0, 0.1) is 0 Å². The predicted octanol–water partition coefficient (Wildman–Crippen LogP) is 5.53. The van der Waals surface area contributed by atoms with E-state index in [0.717, 1.165) is 24.9 Å². The zero-order chi connectivity index (χ0) is 21.8. The van der Waals surface area contributed by atoms with Crippen LogP contribution in [0.3, 0.4) is 0 Å². The van der Waals surface area contributed by atoms with Gasteiger partial charge < -0.3 is 15.5 Å². The summed E-state index contributed by atoms with van der Waals surface area (Å²) in [5.74, 6) is -0.174. The SMILES string of the molecule is CCCCCCCC(=O)NC(=S)Nc1cccc(C(=O)N(CC)c2ccccc2)c1. The summed E-state index contributed by atoms with van der Waals surface area (Å²) in [5.41, 5.74) is 2.07. The van der Waals surface area contributed by atoms with Crippen molar-refractivity contribution in [3.05, 3.63) is 60.2 Å². The lowest BCUT2D eigenvalue weighted by Gasteiger charge is -2.21. The van der Waals surface area contributed by atoms with E-state index >= 15 is 0 Å². The van der Waals surface area contributed by atoms with Gasteiger partial charge in [0.05, 0.1) is 0 Å². The van der Waals surface area contributed by atoms with Crippen LogP contribution in [0.25, 0.3) is 0 Å². The zero-order valence-corrected chi connectivity index (χ0v) is 18.6. The summed E-state index contributed by atoms with van der Waals surface area (Å²) in [4.78, 5) is 26.7. The average molecular weight is 426 g/mol. The van der Waals surface area contributed by atoms with Crippen molar-refractivity contribution in [3.63, 3.8) is 0 Å². The van der Waals surface area contributed by atoms with Crippen LogP contribution in [-0.4, -0.2) is 23.5 Å². The maximum Gasteiger partial charge on any atom is 0.258 e. The van der Waals surface area contributed by atoms with Crippen molar-refractivity contribution >= 4 is 40.5 Å². The smallest absolute Gasteiger partial charge is 0.258 e. The van der Waals surface area contributed by atoms with Gasteiger partial charge >= 0.3 is 0 Å². The van der Waals surface area contributed by atoms with Gasteiger partial charge in [-0.25, -0.2) is 0 Å². The summed E-state index contributed by atoms with van der Waals surface area (Å²) in [6.07, 6.45) is 5.93. The highest BCUT2D eigenvalue weighted by Crippen LogP contribution is 2.18. The highest BCUT2D eigenvalue weighted by molar-refractivity contribution is 7.80. The number of para-hydroxylation sites is 1. The highest BCUT2D eigenvalue weighted by Gasteiger charge is 2.16. The van der Waals surface area contributed by atoms with Gasteiger partial charge in [-0.3, -0.25) is 9.59 Å². The van der Waals surface area contributed by atoms with E-state index in [1.807, 2.05) is 43.3 Å². The lowest BCUT2D eigenvalue weighted by atomic mass is 10.1. The number of benzene rings is 2. The number of rotatable bonds is 10. The molecule has 0 heterocycles. The Balaban J connectivity index is 1.92. The van der Waals surface area contributed by atoms with Crippen molar-refractivity contribution in [2.45, 2.75) is 52.4 Å². The average Bonchev–Trinajstić information content (AvgIpc) is 2.75.